The third kappa shape index (κ3) is 1.17. The minimum absolute atomic E-state index is 0.358. The van der Waals surface area contributed by atoms with Crippen LogP contribution < -0.4 is 10.1 Å². The van der Waals surface area contributed by atoms with Crippen LogP contribution in [0.15, 0.2) is 18.2 Å². The molecule has 2 nitrogen and oxygen atoms in total. The predicted octanol–water partition coefficient (Wildman–Crippen LogP) is 2.79. The van der Waals surface area contributed by atoms with E-state index in [0.29, 0.717) is 17.6 Å². The standard InChI is InChI=1S/C17H21NO/c1-4-11-10-13-12-5-2-7-15-17(12,8-3-9-18-13)16(11)14(6-1)19-15/h1,4,6,12-13,15,18H,2-3,5,7-10H2/t12?,13-,15?,17-/m1/s1. The molecule has 2 heterocycles. The highest BCUT2D eigenvalue weighted by molar-refractivity contribution is 5.54. The minimum Gasteiger partial charge on any atom is -0.489 e. The average molecular weight is 255 g/mol. The predicted molar refractivity (Wildman–Crippen MR) is 74.6 cm³/mol. The van der Waals surface area contributed by atoms with Gasteiger partial charge in [-0.25, -0.2) is 0 Å². The van der Waals surface area contributed by atoms with Gasteiger partial charge >= 0.3 is 0 Å². The van der Waals surface area contributed by atoms with Gasteiger partial charge in [0.15, 0.2) is 0 Å². The summed E-state index contributed by atoms with van der Waals surface area (Å²) in [4.78, 5) is 0. The summed E-state index contributed by atoms with van der Waals surface area (Å²) >= 11 is 0. The van der Waals surface area contributed by atoms with Gasteiger partial charge in [-0.1, -0.05) is 12.1 Å². The number of hydrogen-bond donors (Lipinski definition) is 1. The van der Waals surface area contributed by atoms with Crippen LogP contribution in [0.5, 0.6) is 5.75 Å². The van der Waals surface area contributed by atoms with Crippen molar-refractivity contribution in [2.75, 3.05) is 6.54 Å². The molecule has 1 aromatic rings. The molecule has 2 aliphatic carbocycles. The number of nitrogens with one attached hydrogen (secondary N) is 1. The Morgan fingerprint density at radius 2 is 2.21 bits per heavy atom. The third-order valence-electron chi connectivity index (χ3n) is 6.16. The van der Waals surface area contributed by atoms with Crippen LogP contribution in [0.25, 0.3) is 0 Å². The van der Waals surface area contributed by atoms with E-state index in [-0.39, 0.29) is 0 Å². The van der Waals surface area contributed by atoms with Crippen LogP contribution in [0.2, 0.25) is 0 Å². The first-order valence-corrected chi connectivity index (χ1v) is 7.92. The van der Waals surface area contributed by atoms with E-state index in [1.54, 1.807) is 11.1 Å². The van der Waals surface area contributed by atoms with Crippen molar-refractivity contribution in [3.8, 4) is 5.75 Å². The molecule has 2 heteroatoms. The van der Waals surface area contributed by atoms with Gasteiger partial charge in [0, 0.05) is 17.0 Å². The van der Waals surface area contributed by atoms with E-state index in [2.05, 4.69) is 23.5 Å². The van der Waals surface area contributed by atoms with E-state index in [0.717, 1.165) is 5.92 Å². The Labute approximate surface area is 114 Å². The van der Waals surface area contributed by atoms with Gasteiger partial charge in [-0.2, -0.15) is 0 Å². The Morgan fingerprint density at radius 1 is 1.21 bits per heavy atom. The quantitative estimate of drug-likeness (QED) is 0.769. The third-order valence-corrected chi connectivity index (χ3v) is 6.16. The van der Waals surface area contributed by atoms with Crippen molar-refractivity contribution < 1.29 is 4.74 Å². The van der Waals surface area contributed by atoms with E-state index >= 15 is 0 Å². The molecule has 5 rings (SSSR count). The summed E-state index contributed by atoms with van der Waals surface area (Å²) in [7, 11) is 0. The Hall–Kier alpha value is -1.02. The fraction of sp³-hybridized carbons (Fsp3) is 0.647. The van der Waals surface area contributed by atoms with Crippen molar-refractivity contribution in [1.29, 1.82) is 0 Å². The van der Waals surface area contributed by atoms with Gasteiger partial charge in [-0.05, 0) is 62.6 Å². The summed E-state index contributed by atoms with van der Waals surface area (Å²) in [6, 6.07) is 7.43. The lowest BCUT2D eigenvalue weighted by molar-refractivity contribution is 0.0316. The normalized spacial score (nSPS) is 42.2. The lowest BCUT2D eigenvalue weighted by atomic mass is 9.54. The first-order valence-electron chi connectivity index (χ1n) is 7.92. The van der Waals surface area contributed by atoms with Crippen molar-refractivity contribution in [3.05, 3.63) is 29.3 Å². The molecule has 19 heavy (non-hydrogen) atoms. The highest BCUT2D eigenvalue weighted by atomic mass is 16.5. The number of rotatable bonds is 0. The molecule has 2 fully saturated rings. The number of benzene rings is 1. The number of ether oxygens (including phenoxy) is 1. The Kier molecular flexibility index (Phi) is 2.00. The summed E-state index contributed by atoms with van der Waals surface area (Å²) < 4.78 is 6.41. The molecule has 0 amide bonds. The fourth-order valence-corrected chi connectivity index (χ4v) is 5.61. The summed E-state index contributed by atoms with van der Waals surface area (Å²) in [5.41, 5.74) is 3.54. The van der Waals surface area contributed by atoms with Gasteiger partial charge in [-0.3, -0.25) is 0 Å². The van der Waals surface area contributed by atoms with Crippen LogP contribution in [-0.4, -0.2) is 18.7 Å². The number of hydrogen-bond acceptors (Lipinski definition) is 2. The molecule has 1 N–H and O–H groups in total. The van der Waals surface area contributed by atoms with Crippen LogP contribution in [0.1, 0.15) is 43.2 Å². The van der Waals surface area contributed by atoms with E-state index in [1.165, 1.54) is 50.8 Å². The second kappa shape index (κ2) is 3.54. The van der Waals surface area contributed by atoms with Crippen molar-refractivity contribution in [2.24, 2.45) is 5.92 Å². The second-order valence-electron chi connectivity index (χ2n) is 6.84. The van der Waals surface area contributed by atoms with E-state index in [1.807, 2.05) is 0 Å². The molecule has 2 aliphatic heterocycles. The molecular weight excluding hydrogens is 234 g/mol. The van der Waals surface area contributed by atoms with Crippen molar-refractivity contribution >= 4 is 0 Å². The maximum Gasteiger partial charge on any atom is 0.123 e. The van der Waals surface area contributed by atoms with Crippen LogP contribution in [0.4, 0.5) is 0 Å². The minimum atomic E-state index is 0.358. The van der Waals surface area contributed by atoms with E-state index in [4.69, 9.17) is 4.74 Å². The van der Waals surface area contributed by atoms with Crippen molar-refractivity contribution in [1.82, 2.24) is 5.32 Å². The van der Waals surface area contributed by atoms with E-state index < -0.39 is 0 Å². The molecule has 1 saturated heterocycles. The van der Waals surface area contributed by atoms with Gasteiger partial charge < -0.3 is 10.1 Å². The topological polar surface area (TPSA) is 21.3 Å². The Balaban J connectivity index is 1.81. The van der Waals surface area contributed by atoms with Crippen LogP contribution in [-0.2, 0) is 11.8 Å². The molecule has 100 valence electrons. The second-order valence-corrected chi connectivity index (χ2v) is 6.84. The molecule has 2 bridgehead atoms. The summed E-state index contributed by atoms with van der Waals surface area (Å²) in [5.74, 6) is 2.03. The van der Waals surface area contributed by atoms with Gasteiger partial charge in [0.05, 0.1) is 0 Å². The van der Waals surface area contributed by atoms with Gasteiger partial charge in [0.25, 0.3) is 0 Å². The molecule has 0 radical (unpaired) electrons. The highest BCUT2D eigenvalue weighted by Crippen LogP contribution is 2.60. The zero-order valence-electron chi connectivity index (χ0n) is 11.3. The lowest BCUT2D eigenvalue weighted by Gasteiger charge is -2.50. The molecule has 4 atom stereocenters. The largest absolute Gasteiger partial charge is 0.489 e. The monoisotopic (exact) mass is 255 g/mol. The van der Waals surface area contributed by atoms with Crippen molar-refractivity contribution in [2.45, 2.75) is 56.1 Å². The molecular formula is C17H21NO. The maximum atomic E-state index is 6.41. The molecule has 4 aliphatic rings. The Morgan fingerprint density at radius 3 is 3.21 bits per heavy atom. The molecule has 1 spiro atoms. The smallest absolute Gasteiger partial charge is 0.123 e. The fourth-order valence-electron chi connectivity index (χ4n) is 5.61. The molecule has 1 aromatic carbocycles. The maximum absolute atomic E-state index is 6.41. The van der Waals surface area contributed by atoms with Crippen LogP contribution in [0.3, 0.4) is 0 Å². The van der Waals surface area contributed by atoms with Gasteiger partial charge in [0.1, 0.15) is 11.9 Å². The van der Waals surface area contributed by atoms with Crippen molar-refractivity contribution in [3.63, 3.8) is 0 Å². The lowest BCUT2D eigenvalue weighted by Crippen LogP contribution is -2.56. The SMILES string of the molecule is c1cc2c3c(c1)OC1CCCC4[C@@H](C2)NCCC[C@]314. The van der Waals surface area contributed by atoms with Crippen LogP contribution in [0, 0.1) is 5.92 Å². The summed E-state index contributed by atoms with van der Waals surface area (Å²) in [5, 5.41) is 3.84. The average Bonchev–Trinajstić information content (AvgIpc) is 2.70. The zero-order valence-corrected chi connectivity index (χ0v) is 11.3. The van der Waals surface area contributed by atoms with Gasteiger partial charge in [0.2, 0.25) is 0 Å². The summed E-state index contributed by atoms with van der Waals surface area (Å²) in [6.07, 6.45) is 8.31. The summed E-state index contributed by atoms with van der Waals surface area (Å²) in [6.45, 7) is 1.19. The molecule has 0 aromatic heterocycles. The first kappa shape index (κ1) is 10.7. The highest BCUT2D eigenvalue weighted by Gasteiger charge is 2.60. The molecule has 1 saturated carbocycles. The van der Waals surface area contributed by atoms with E-state index in [9.17, 15) is 0 Å². The zero-order chi connectivity index (χ0) is 12.4. The first-order chi connectivity index (χ1) is 9.39. The Bertz CT molecular complexity index is 540. The van der Waals surface area contributed by atoms with Gasteiger partial charge in [-0.15, -0.1) is 0 Å². The van der Waals surface area contributed by atoms with Crippen LogP contribution >= 0.6 is 0 Å². The molecule has 2 unspecified atom stereocenters.